The van der Waals surface area contributed by atoms with E-state index in [1.807, 2.05) is 12.1 Å². The number of aromatic amines is 1. The Balaban J connectivity index is 1.82. The van der Waals surface area contributed by atoms with Crippen LogP contribution in [0.1, 0.15) is 59.8 Å². The van der Waals surface area contributed by atoms with Gasteiger partial charge in [-0.15, -0.1) is 0 Å². The van der Waals surface area contributed by atoms with Gasteiger partial charge in [0.2, 0.25) is 0 Å². The number of amides is 1. The normalized spacial score (nSPS) is 14.0. The van der Waals surface area contributed by atoms with Crippen molar-refractivity contribution < 1.29 is 9.90 Å². The van der Waals surface area contributed by atoms with Gasteiger partial charge in [0.1, 0.15) is 5.75 Å². The van der Waals surface area contributed by atoms with Crippen molar-refractivity contribution in [3.05, 3.63) is 40.6 Å². The van der Waals surface area contributed by atoms with Crippen LogP contribution in [-0.4, -0.2) is 21.2 Å². The molecule has 116 valence electrons. The molecule has 0 saturated heterocycles. The topological polar surface area (TPSA) is 78.0 Å². The standard InChI is InChI=1S/C17H21N3O2/c1-10(2)14-9-16(20-19-14)18-17(22)13-7-11-5-3-4-6-12(11)8-15(13)21/h7-10,21H,3-6H2,1-2H3,(H2,18,19,20,22). The zero-order chi connectivity index (χ0) is 15.7. The lowest BCUT2D eigenvalue weighted by molar-refractivity contribution is 0.102. The fourth-order valence-electron chi connectivity index (χ4n) is 2.83. The fraction of sp³-hybridized carbons (Fsp3) is 0.412. The second-order valence-electron chi connectivity index (χ2n) is 6.16. The molecule has 0 bridgehead atoms. The lowest BCUT2D eigenvalue weighted by atomic mass is 9.90. The van der Waals surface area contributed by atoms with E-state index in [-0.39, 0.29) is 11.7 Å². The molecule has 1 heterocycles. The van der Waals surface area contributed by atoms with Crippen molar-refractivity contribution in [3.8, 4) is 5.75 Å². The summed E-state index contributed by atoms with van der Waals surface area (Å²) in [6.45, 7) is 4.10. The molecule has 0 radical (unpaired) electrons. The largest absolute Gasteiger partial charge is 0.507 e. The van der Waals surface area contributed by atoms with E-state index in [4.69, 9.17) is 0 Å². The Bertz CT molecular complexity index is 704. The Morgan fingerprint density at radius 1 is 1.23 bits per heavy atom. The molecule has 1 aromatic heterocycles. The molecule has 0 spiro atoms. The molecule has 3 N–H and O–H groups in total. The SMILES string of the molecule is CC(C)c1cc(NC(=O)c2cc3c(cc2O)CCCC3)n[nH]1. The number of rotatable bonds is 3. The smallest absolute Gasteiger partial charge is 0.260 e. The summed E-state index contributed by atoms with van der Waals surface area (Å²) in [7, 11) is 0. The average Bonchev–Trinajstić information content (AvgIpc) is 2.95. The van der Waals surface area contributed by atoms with Gasteiger partial charge in [-0.2, -0.15) is 5.10 Å². The Morgan fingerprint density at radius 2 is 1.91 bits per heavy atom. The Hall–Kier alpha value is -2.30. The van der Waals surface area contributed by atoms with Crippen LogP contribution >= 0.6 is 0 Å². The van der Waals surface area contributed by atoms with E-state index in [1.54, 1.807) is 6.07 Å². The summed E-state index contributed by atoms with van der Waals surface area (Å²) in [5.41, 5.74) is 3.60. The van der Waals surface area contributed by atoms with Crippen LogP contribution in [0.15, 0.2) is 18.2 Å². The summed E-state index contributed by atoms with van der Waals surface area (Å²) in [4.78, 5) is 12.4. The van der Waals surface area contributed by atoms with Crippen LogP contribution in [-0.2, 0) is 12.8 Å². The summed E-state index contributed by atoms with van der Waals surface area (Å²) in [6.07, 6.45) is 4.22. The first kappa shape index (κ1) is 14.6. The van der Waals surface area contributed by atoms with Crippen LogP contribution in [0.2, 0.25) is 0 Å². The van der Waals surface area contributed by atoms with Crippen molar-refractivity contribution in [2.75, 3.05) is 5.32 Å². The van der Waals surface area contributed by atoms with Gasteiger partial charge in [-0.1, -0.05) is 13.8 Å². The van der Waals surface area contributed by atoms with E-state index in [1.165, 1.54) is 5.56 Å². The molecule has 1 aliphatic rings. The van der Waals surface area contributed by atoms with E-state index in [0.29, 0.717) is 17.3 Å². The second kappa shape index (κ2) is 5.83. The number of aryl methyl sites for hydroxylation is 2. The van der Waals surface area contributed by atoms with Crippen LogP contribution < -0.4 is 5.32 Å². The number of nitrogens with zero attached hydrogens (tertiary/aromatic N) is 1. The van der Waals surface area contributed by atoms with Crippen LogP contribution in [0, 0.1) is 0 Å². The number of aromatic nitrogens is 2. The molecule has 0 aliphatic heterocycles. The van der Waals surface area contributed by atoms with Gasteiger partial charge >= 0.3 is 0 Å². The Labute approximate surface area is 129 Å². The van der Waals surface area contributed by atoms with Gasteiger partial charge in [0, 0.05) is 11.8 Å². The molecule has 0 fully saturated rings. The molecule has 22 heavy (non-hydrogen) atoms. The number of fused-ring (bicyclic) bond motifs is 1. The van der Waals surface area contributed by atoms with E-state index in [2.05, 4.69) is 29.4 Å². The van der Waals surface area contributed by atoms with Crippen molar-refractivity contribution in [1.82, 2.24) is 10.2 Å². The predicted octanol–water partition coefficient (Wildman–Crippen LogP) is 3.37. The molecule has 1 aromatic carbocycles. The molecule has 0 atom stereocenters. The zero-order valence-corrected chi connectivity index (χ0v) is 12.9. The number of hydrogen-bond acceptors (Lipinski definition) is 3. The van der Waals surface area contributed by atoms with Crippen LogP contribution in [0.3, 0.4) is 0 Å². The van der Waals surface area contributed by atoms with Crippen molar-refractivity contribution in [3.63, 3.8) is 0 Å². The minimum absolute atomic E-state index is 0.0396. The van der Waals surface area contributed by atoms with Gasteiger partial charge in [-0.25, -0.2) is 0 Å². The third-order valence-electron chi connectivity index (χ3n) is 4.17. The zero-order valence-electron chi connectivity index (χ0n) is 12.9. The first-order valence-electron chi connectivity index (χ1n) is 7.76. The second-order valence-corrected chi connectivity index (χ2v) is 6.16. The summed E-state index contributed by atoms with van der Waals surface area (Å²) >= 11 is 0. The molecule has 5 heteroatoms. The molecule has 1 aliphatic carbocycles. The highest BCUT2D eigenvalue weighted by molar-refractivity contribution is 6.05. The third kappa shape index (κ3) is 2.84. The first-order chi connectivity index (χ1) is 10.5. The minimum Gasteiger partial charge on any atom is -0.507 e. The van der Waals surface area contributed by atoms with Crippen molar-refractivity contribution in [2.45, 2.75) is 45.4 Å². The average molecular weight is 299 g/mol. The highest BCUT2D eigenvalue weighted by atomic mass is 16.3. The maximum Gasteiger partial charge on any atom is 0.260 e. The molecular formula is C17H21N3O2. The van der Waals surface area contributed by atoms with Gasteiger partial charge in [0.15, 0.2) is 5.82 Å². The monoisotopic (exact) mass is 299 g/mol. The number of benzene rings is 1. The number of anilines is 1. The number of phenolic OH excluding ortho intramolecular Hbond substituents is 1. The number of carbonyl (C=O) groups is 1. The van der Waals surface area contributed by atoms with Crippen LogP contribution in [0.25, 0.3) is 0 Å². The van der Waals surface area contributed by atoms with Gasteiger partial charge < -0.3 is 10.4 Å². The summed E-state index contributed by atoms with van der Waals surface area (Å²) in [6, 6.07) is 5.36. The van der Waals surface area contributed by atoms with Gasteiger partial charge in [-0.3, -0.25) is 9.89 Å². The van der Waals surface area contributed by atoms with E-state index < -0.39 is 0 Å². The number of aromatic hydroxyl groups is 1. The highest BCUT2D eigenvalue weighted by Gasteiger charge is 2.18. The molecular weight excluding hydrogens is 278 g/mol. The molecule has 5 nitrogen and oxygen atoms in total. The highest BCUT2D eigenvalue weighted by Crippen LogP contribution is 2.29. The van der Waals surface area contributed by atoms with E-state index >= 15 is 0 Å². The van der Waals surface area contributed by atoms with Gasteiger partial charge in [0.05, 0.1) is 5.56 Å². The lowest BCUT2D eigenvalue weighted by Gasteiger charge is -2.17. The van der Waals surface area contributed by atoms with Crippen molar-refractivity contribution >= 4 is 11.7 Å². The molecule has 0 unspecified atom stereocenters. The van der Waals surface area contributed by atoms with E-state index in [9.17, 15) is 9.90 Å². The summed E-state index contributed by atoms with van der Waals surface area (Å²) in [5.74, 6) is 0.506. The number of hydrogen-bond donors (Lipinski definition) is 3. The number of nitrogens with one attached hydrogen (secondary N) is 2. The third-order valence-corrected chi connectivity index (χ3v) is 4.17. The number of H-pyrrole nitrogens is 1. The maximum absolute atomic E-state index is 12.4. The van der Waals surface area contributed by atoms with E-state index in [0.717, 1.165) is 36.9 Å². The first-order valence-corrected chi connectivity index (χ1v) is 7.76. The molecule has 0 saturated carbocycles. The minimum atomic E-state index is -0.326. The predicted molar refractivity (Wildman–Crippen MR) is 85.4 cm³/mol. The fourth-order valence-corrected chi connectivity index (χ4v) is 2.83. The quantitative estimate of drug-likeness (QED) is 0.813. The molecule has 1 amide bonds. The van der Waals surface area contributed by atoms with Gasteiger partial charge in [-0.05, 0) is 54.9 Å². The Morgan fingerprint density at radius 3 is 2.55 bits per heavy atom. The molecule has 3 rings (SSSR count). The van der Waals surface area contributed by atoms with Crippen molar-refractivity contribution in [1.29, 1.82) is 0 Å². The van der Waals surface area contributed by atoms with Crippen LogP contribution in [0.5, 0.6) is 5.75 Å². The summed E-state index contributed by atoms with van der Waals surface area (Å²) < 4.78 is 0. The van der Waals surface area contributed by atoms with Crippen molar-refractivity contribution in [2.24, 2.45) is 0 Å². The Kier molecular flexibility index (Phi) is 3.88. The lowest BCUT2D eigenvalue weighted by Crippen LogP contribution is -2.14. The molecule has 2 aromatic rings. The number of phenols is 1. The maximum atomic E-state index is 12.4. The number of carbonyl (C=O) groups excluding carboxylic acids is 1. The van der Waals surface area contributed by atoms with Crippen LogP contribution in [0.4, 0.5) is 5.82 Å². The van der Waals surface area contributed by atoms with Gasteiger partial charge in [0.25, 0.3) is 5.91 Å². The summed E-state index contributed by atoms with van der Waals surface area (Å²) in [5, 5.41) is 19.8.